The molecule has 0 unspecified atom stereocenters. The third-order valence-corrected chi connectivity index (χ3v) is 8.10. The molecule has 0 fully saturated rings. The van der Waals surface area contributed by atoms with Crippen LogP contribution in [0.5, 0.6) is 0 Å². The number of fused-ring (bicyclic) bond motifs is 6. The minimum atomic E-state index is -0.666. The second-order valence-electron chi connectivity index (χ2n) is 10.3. The van der Waals surface area contributed by atoms with Crippen molar-refractivity contribution in [2.45, 2.75) is 0 Å². The number of rotatable bonds is 3. The van der Waals surface area contributed by atoms with E-state index >= 15 is 8.78 Å². The molecule has 0 radical (unpaired) electrons. The minimum absolute atomic E-state index is 0.133. The lowest BCUT2D eigenvalue weighted by Crippen LogP contribution is -2.06. The van der Waals surface area contributed by atoms with E-state index in [2.05, 4.69) is 30.3 Å². The van der Waals surface area contributed by atoms with E-state index in [1.807, 2.05) is 81.9 Å². The second kappa shape index (κ2) is 9.15. The smallest absolute Gasteiger partial charge is 0.133 e. The predicted octanol–water partition coefficient (Wildman–Crippen LogP) is 9.70. The molecule has 8 aromatic rings. The van der Waals surface area contributed by atoms with Crippen LogP contribution in [0.4, 0.5) is 8.78 Å². The maximum atomic E-state index is 15.4. The fraction of sp³-hybridized carbons (Fsp3) is 0. The lowest BCUT2D eigenvalue weighted by atomic mass is 9.99. The van der Waals surface area contributed by atoms with Crippen LogP contribution < -0.4 is 0 Å². The van der Waals surface area contributed by atoms with E-state index in [1.54, 1.807) is 12.1 Å². The van der Waals surface area contributed by atoms with Gasteiger partial charge in [-0.15, -0.1) is 0 Å². The van der Waals surface area contributed by atoms with Gasteiger partial charge in [-0.05, 0) is 54.1 Å². The summed E-state index contributed by atoms with van der Waals surface area (Å²) >= 11 is 0. The van der Waals surface area contributed by atoms with Crippen molar-refractivity contribution in [3.05, 3.63) is 145 Å². The van der Waals surface area contributed by atoms with Crippen LogP contribution in [0.25, 0.3) is 66.1 Å². The quantitative estimate of drug-likeness (QED) is 0.218. The van der Waals surface area contributed by atoms with Gasteiger partial charge in [0.05, 0.1) is 39.0 Å². The maximum Gasteiger partial charge on any atom is 0.133 e. The van der Waals surface area contributed by atoms with E-state index < -0.39 is 11.6 Å². The molecule has 0 amide bonds. The fourth-order valence-corrected chi connectivity index (χ4v) is 6.36. The summed E-state index contributed by atoms with van der Waals surface area (Å²) < 4.78 is 34.8. The van der Waals surface area contributed by atoms with Gasteiger partial charge in [0, 0.05) is 21.5 Å². The van der Waals surface area contributed by atoms with Gasteiger partial charge in [-0.25, -0.2) is 8.78 Å². The zero-order valence-corrected chi connectivity index (χ0v) is 22.2. The van der Waals surface area contributed by atoms with E-state index in [-0.39, 0.29) is 5.56 Å². The van der Waals surface area contributed by atoms with Crippen molar-refractivity contribution in [1.82, 2.24) is 9.13 Å². The van der Waals surface area contributed by atoms with Crippen molar-refractivity contribution in [2.75, 3.05) is 0 Å². The number of halogens is 2. The Labute approximate surface area is 239 Å². The number of hydrogen-bond acceptors (Lipinski definition) is 1. The highest BCUT2D eigenvalue weighted by atomic mass is 19.1. The Balaban J connectivity index is 1.59. The summed E-state index contributed by atoms with van der Waals surface area (Å²) in [7, 11) is 0. The van der Waals surface area contributed by atoms with Gasteiger partial charge in [-0.1, -0.05) is 78.9 Å². The van der Waals surface area contributed by atoms with Crippen LogP contribution >= 0.6 is 0 Å². The first-order chi connectivity index (χ1) is 20.7. The highest BCUT2D eigenvalue weighted by Crippen LogP contribution is 2.40. The SMILES string of the molecule is N#Cc1c(-n2c3ccccc3c3ccccc32)cc(-c2c(F)cccc2F)cc1-n1c2ccccc2c2ccccc21. The average Bonchev–Trinajstić information content (AvgIpc) is 3.54. The summed E-state index contributed by atoms with van der Waals surface area (Å²) in [6.45, 7) is 0. The topological polar surface area (TPSA) is 33.6 Å². The Kier molecular flexibility index (Phi) is 5.25. The summed E-state index contributed by atoms with van der Waals surface area (Å²) in [5.74, 6) is -1.33. The molecule has 8 rings (SSSR count). The molecule has 0 saturated carbocycles. The number of hydrogen-bond donors (Lipinski definition) is 0. The van der Waals surface area contributed by atoms with Crippen LogP contribution in [-0.4, -0.2) is 9.13 Å². The van der Waals surface area contributed by atoms with Gasteiger partial charge in [0.25, 0.3) is 0 Å². The van der Waals surface area contributed by atoms with Gasteiger partial charge in [0.2, 0.25) is 0 Å². The molecule has 0 bridgehead atoms. The first-order valence-electron chi connectivity index (χ1n) is 13.7. The molecule has 0 aliphatic carbocycles. The molecule has 0 atom stereocenters. The van der Waals surface area contributed by atoms with Gasteiger partial charge < -0.3 is 9.13 Å². The van der Waals surface area contributed by atoms with Gasteiger partial charge in [0.15, 0.2) is 0 Å². The fourth-order valence-electron chi connectivity index (χ4n) is 6.36. The first-order valence-corrected chi connectivity index (χ1v) is 13.7. The predicted molar refractivity (Wildman–Crippen MR) is 165 cm³/mol. The number of nitriles is 1. The zero-order chi connectivity index (χ0) is 28.4. The molecule has 5 heteroatoms. The summed E-state index contributed by atoms with van der Waals surface area (Å²) in [5.41, 5.74) is 5.30. The molecule has 0 aliphatic rings. The molecular weight excluding hydrogens is 524 g/mol. The van der Waals surface area contributed by atoms with Gasteiger partial charge in [-0.2, -0.15) is 5.26 Å². The molecule has 2 aromatic heterocycles. The average molecular weight is 546 g/mol. The molecular formula is C37H21F2N3. The van der Waals surface area contributed by atoms with E-state index in [0.29, 0.717) is 22.5 Å². The summed E-state index contributed by atoms with van der Waals surface area (Å²) in [6.07, 6.45) is 0. The number of aromatic nitrogens is 2. The molecule has 0 aliphatic heterocycles. The van der Waals surface area contributed by atoms with Crippen LogP contribution in [0, 0.1) is 23.0 Å². The first kappa shape index (κ1) is 24.1. The zero-order valence-electron chi connectivity index (χ0n) is 22.2. The van der Waals surface area contributed by atoms with Gasteiger partial charge in [-0.3, -0.25) is 0 Å². The molecule has 2 heterocycles. The van der Waals surface area contributed by atoms with Crippen molar-refractivity contribution >= 4 is 43.6 Å². The minimum Gasteiger partial charge on any atom is -0.308 e. The van der Waals surface area contributed by atoms with Crippen LogP contribution in [0.3, 0.4) is 0 Å². The molecule has 42 heavy (non-hydrogen) atoms. The van der Waals surface area contributed by atoms with Gasteiger partial charge >= 0.3 is 0 Å². The second-order valence-corrected chi connectivity index (χ2v) is 10.3. The van der Waals surface area contributed by atoms with Crippen molar-refractivity contribution in [3.8, 4) is 28.6 Å². The van der Waals surface area contributed by atoms with E-state index in [1.165, 1.54) is 18.2 Å². The molecule has 0 N–H and O–H groups in total. The lowest BCUT2D eigenvalue weighted by molar-refractivity contribution is 0.589. The standard InChI is InChI=1S/C37H21F2N3/c38-29-14-9-15-30(39)37(29)23-20-35(41-31-16-5-1-10-24(31)25-11-2-6-17-32(25)41)28(22-40)36(21-23)42-33-18-7-3-12-26(33)27-13-4-8-19-34(27)42/h1-21H. The molecule has 198 valence electrons. The highest BCUT2D eigenvalue weighted by molar-refractivity contribution is 6.11. The third kappa shape index (κ3) is 3.36. The summed E-state index contributed by atoms with van der Waals surface area (Å²) in [4.78, 5) is 0. The summed E-state index contributed by atoms with van der Waals surface area (Å²) in [6, 6.07) is 41.8. The van der Waals surface area contributed by atoms with Crippen LogP contribution in [0.2, 0.25) is 0 Å². The Morgan fingerprint density at radius 1 is 0.476 bits per heavy atom. The Morgan fingerprint density at radius 2 is 0.833 bits per heavy atom. The van der Waals surface area contributed by atoms with Crippen molar-refractivity contribution in [3.63, 3.8) is 0 Å². The van der Waals surface area contributed by atoms with Crippen molar-refractivity contribution < 1.29 is 8.78 Å². The van der Waals surface area contributed by atoms with Crippen LogP contribution in [0.1, 0.15) is 5.56 Å². The van der Waals surface area contributed by atoms with Crippen molar-refractivity contribution in [1.29, 1.82) is 5.26 Å². The lowest BCUT2D eigenvalue weighted by Gasteiger charge is -2.18. The van der Waals surface area contributed by atoms with Crippen molar-refractivity contribution in [2.24, 2.45) is 0 Å². The molecule has 6 aromatic carbocycles. The Morgan fingerprint density at radius 3 is 1.19 bits per heavy atom. The monoisotopic (exact) mass is 545 g/mol. The normalized spacial score (nSPS) is 11.5. The maximum absolute atomic E-state index is 15.4. The summed E-state index contributed by atoms with van der Waals surface area (Å²) in [5, 5.41) is 14.9. The largest absolute Gasteiger partial charge is 0.308 e. The molecule has 0 saturated heterocycles. The third-order valence-electron chi connectivity index (χ3n) is 8.10. The van der Waals surface area contributed by atoms with Crippen LogP contribution in [0.15, 0.2) is 127 Å². The Hall–Kier alpha value is -5.73. The van der Waals surface area contributed by atoms with Gasteiger partial charge in [0.1, 0.15) is 23.3 Å². The number of benzene rings is 6. The highest BCUT2D eigenvalue weighted by Gasteiger charge is 2.23. The van der Waals surface area contributed by atoms with Crippen LogP contribution in [-0.2, 0) is 0 Å². The van der Waals surface area contributed by atoms with E-state index in [9.17, 15) is 5.26 Å². The van der Waals surface area contributed by atoms with E-state index in [4.69, 9.17) is 0 Å². The molecule has 3 nitrogen and oxygen atoms in total. The Bertz CT molecular complexity index is 2140. The molecule has 0 spiro atoms. The number of para-hydroxylation sites is 4. The number of nitrogens with zero attached hydrogens (tertiary/aromatic N) is 3. The van der Waals surface area contributed by atoms with E-state index in [0.717, 1.165) is 43.6 Å².